The Kier molecular flexibility index (Phi) is 12.0. The Hall–Kier alpha value is -0.830. The van der Waals surface area contributed by atoms with Crippen LogP contribution in [-0.2, 0) is 9.53 Å². The minimum absolute atomic E-state index is 0.0281. The SMILES string of the molecule is C=C(CO)C(=O)OC1CCC(C2CCC(CCCCCCCCCC)CC2)CC1. The summed E-state index contributed by atoms with van der Waals surface area (Å²) in [6.07, 6.45) is 22.9. The molecule has 0 amide bonds. The molecule has 0 radical (unpaired) electrons. The molecule has 0 aliphatic heterocycles. The summed E-state index contributed by atoms with van der Waals surface area (Å²) < 4.78 is 5.49. The lowest BCUT2D eigenvalue weighted by molar-refractivity contribution is -0.146. The maximum atomic E-state index is 11.8. The fourth-order valence-corrected chi connectivity index (χ4v) is 5.49. The molecule has 0 aromatic carbocycles. The average molecular weight is 407 g/mol. The van der Waals surface area contributed by atoms with Crippen molar-refractivity contribution < 1.29 is 14.6 Å². The largest absolute Gasteiger partial charge is 0.459 e. The Labute approximate surface area is 179 Å². The molecule has 3 nitrogen and oxygen atoms in total. The van der Waals surface area contributed by atoms with E-state index in [1.165, 1.54) is 96.3 Å². The van der Waals surface area contributed by atoms with Crippen molar-refractivity contribution in [1.82, 2.24) is 0 Å². The number of carbonyl (C=O) groups is 1. The fraction of sp³-hybridized carbons (Fsp3) is 0.885. The zero-order valence-electron chi connectivity index (χ0n) is 19.0. The zero-order valence-corrected chi connectivity index (χ0v) is 19.0. The van der Waals surface area contributed by atoms with E-state index in [1.807, 2.05) is 0 Å². The third-order valence-corrected chi connectivity index (χ3v) is 7.50. The van der Waals surface area contributed by atoms with Crippen molar-refractivity contribution in [3.05, 3.63) is 12.2 Å². The van der Waals surface area contributed by atoms with Crippen LogP contribution in [0.15, 0.2) is 12.2 Å². The number of ether oxygens (including phenoxy) is 1. The summed E-state index contributed by atoms with van der Waals surface area (Å²) in [5.41, 5.74) is 0.168. The number of aliphatic hydroxyl groups is 1. The van der Waals surface area contributed by atoms with Gasteiger partial charge in [0.25, 0.3) is 0 Å². The lowest BCUT2D eigenvalue weighted by atomic mass is 9.70. The topological polar surface area (TPSA) is 46.5 Å². The summed E-state index contributed by atoms with van der Waals surface area (Å²) >= 11 is 0. The van der Waals surface area contributed by atoms with E-state index < -0.39 is 5.97 Å². The second kappa shape index (κ2) is 14.2. The summed E-state index contributed by atoms with van der Waals surface area (Å²) in [7, 11) is 0. The molecule has 2 rings (SSSR count). The number of rotatable bonds is 13. The summed E-state index contributed by atoms with van der Waals surface area (Å²) in [6.45, 7) is 5.53. The lowest BCUT2D eigenvalue weighted by Gasteiger charge is -2.37. The highest BCUT2D eigenvalue weighted by atomic mass is 16.5. The molecule has 2 aliphatic rings. The van der Waals surface area contributed by atoms with Crippen LogP contribution in [0.2, 0.25) is 0 Å². The molecule has 0 unspecified atom stereocenters. The molecule has 0 aromatic heterocycles. The molecule has 0 atom stereocenters. The maximum Gasteiger partial charge on any atom is 0.336 e. The summed E-state index contributed by atoms with van der Waals surface area (Å²) in [6, 6.07) is 0. The van der Waals surface area contributed by atoms with Crippen molar-refractivity contribution in [2.75, 3.05) is 6.61 Å². The van der Waals surface area contributed by atoms with Crippen molar-refractivity contribution in [3.63, 3.8) is 0 Å². The van der Waals surface area contributed by atoms with E-state index in [2.05, 4.69) is 13.5 Å². The van der Waals surface area contributed by atoms with Crippen LogP contribution in [0.3, 0.4) is 0 Å². The first-order valence-corrected chi connectivity index (χ1v) is 12.6. The van der Waals surface area contributed by atoms with Gasteiger partial charge in [0.15, 0.2) is 0 Å². The Balaban J connectivity index is 1.51. The maximum absolute atomic E-state index is 11.8. The molecule has 2 aliphatic carbocycles. The molecular formula is C26H46O3. The summed E-state index contributed by atoms with van der Waals surface area (Å²) in [5, 5.41) is 8.99. The fourth-order valence-electron chi connectivity index (χ4n) is 5.49. The first-order valence-electron chi connectivity index (χ1n) is 12.6. The molecule has 3 heteroatoms. The van der Waals surface area contributed by atoms with Crippen LogP contribution >= 0.6 is 0 Å². The number of aliphatic hydroxyl groups excluding tert-OH is 1. The van der Waals surface area contributed by atoms with E-state index in [-0.39, 0.29) is 18.3 Å². The Morgan fingerprint density at radius 1 is 0.828 bits per heavy atom. The molecule has 2 saturated carbocycles. The van der Waals surface area contributed by atoms with Gasteiger partial charge in [-0.05, 0) is 56.3 Å². The van der Waals surface area contributed by atoms with Gasteiger partial charge in [-0.1, -0.05) is 84.1 Å². The predicted molar refractivity (Wildman–Crippen MR) is 121 cm³/mol. The Bertz CT molecular complexity index is 457. The van der Waals surface area contributed by atoms with E-state index in [9.17, 15) is 4.79 Å². The van der Waals surface area contributed by atoms with E-state index in [0.29, 0.717) is 0 Å². The number of carbonyl (C=O) groups excluding carboxylic acids is 1. The first kappa shape index (κ1) is 24.4. The van der Waals surface area contributed by atoms with Gasteiger partial charge in [-0.25, -0.2) is 4.79 Å². The van der Waals surface area contributed by atoms with Crippen LogP contribution in [-0.4, -0.2) is 23.8 Å². The van der Waals surface area contributed by atoms with Gasteiger partial charge in [0.05, 0.1) is 12.2 Å². The second-order valence-corrected chi connectivity index (χ2v) is 9.75. The molecule has 29 heavy (non-hydrogen) atoms. The zero-order chi connectivity index (χ0) is 20.9. The van der Waals surface area contributed by atoms with Crippen LogP contribution in [0, 0.1) is 17.8 Å². The Morgan fingerprint density at radius 2 is 1.34 bits per heavy atom. The molecule has 0 saturated heterocycles. The van der Waals surface area contributed by atoms with Gasteiger partial charge in [-0.3, -0.25) is 0 Å². The third kappa shape index (κ3) is 9.24. The first-order chi connectivity index (χ1) is 14.1. The smallest absolute Gasteiger partial charge is 0.336 e. The van der Waals surface area contributed by atoms with Gasteiger partial charge in [-0.2, -0.15) is 0 Å². The predicted octanol–water partition coefficient (Wildman–Crippen LogP) is 6.97. The highest BCUT2D eigenvalue weighted by Gasteiger charge is 2.32. The van der Waals surface area contributed by atoms with Crippen LogP contribution in [0.5, 0.6) is 0 Å². The van der Waals surface area contributed by atoms with Gasteiger partial charge >= 0.3 is 5.97 Å². The van der Waals surface area contributed by atoms with E-state index in [0.717, 1.165) is 30.6 Å². The minimum Gasteiger partial charge on any atom is -0.459 e. The standard InChI is InChI=1S/C26H46O3/c1-3-4-5-6-7-8-9-10-11-22-12-14-23(15-13-22)24-16-18-25(19-17-24)29-26(28)21(2)20-27/h22-25,27H,2-20H2,1H3. The number of hydrogen-bond acceptors (Lipinski definition) is 3. The van der Waals surface area contributed by atoms with Crippen LogP contribution in [0.4, 0.5) is 0 Å². The molecule has 0 heterocycles. The van der Waals surface area contributed by atoms with Crippen molar-refractivity contribution in [3.8, 4) is 0 Å². The number of hydrogen-bond donors (Lipinski definition) is 1. The number of unbranched alkanes of at least 4 members (excludes halogenated alkanes) is 7. The highest BCUT2D eigenvalue weighted by molar-refractivity contribution is 5.88. The molecular weight excluding hydrogens is 360 g/mol. The molecule has 0 bridgehead atoms. The van der Waals surface area contributed by atoms with Crippen molar-refractivity contribution in [2.24, 2.45) is 17.8 Å². The van der Waals surface area contributed by atoms with Gasteiger partial charge in [0, 0.05) is 0 Å². The highest BCUT2D eigenvalue weighted by Crippen LogP contribution is 2.41. The third-order valence-electron chi connectivity index (χ3n) is 7.50. The van der Waals surface area contributed by atoms with Gasteiger partial charge in [0.2, 0.25) is 0 Å². The van der Waals surface area contributed by atoms with Crippen LogP contribution < -0.4 is 0 Å². The lowest BCUT2D eigenvalue weighted by Crippen LogP contribution is -2.30. The second-order valence-electron chi connectivity index (χ2n) is 9.75. The Morgan fingerprint density at radius 3 is 1.90 bits per heavy atom. The van der Waals surface area contributed by atoms with Crippen molar-refractivity contribution >= 4 is 5.97 Å². The molecule has 1 N–H and O–H groups in total. The van der Waals surface area contributed by atoms with Gasteiger partial charge in [-0.15, -0.1) is 0 Å². The quantitative estimate of drug-likeness (QED) is 0.204. The summed E-state index contributed by atoms with van der Waals surface area (Å²) in [5.74, 6) is 2.29. The van der Waals surface area contributed by atoms with Crippen molar-refractivity contribution in [2.45, 2.75) is 122 Å². The molecule has 0 spiro atoms. The van der Waals surface area contributed by atoms with E-state index in [4.69, 9.17) is 9.84 Å². The van der Waals surface area contributed by atoms with Gasteiger partial charge in [0.1, 0.15) is 6.10 Å². The number of esters is 1. The van der Waals surface area contributed by atoms with Crippen molar-refractivity contribution in [1.29, 1.82) is 0 Å². The monoisotopic (exact) mass is 406 g/mol. The normalized spacial score (nSPS) is 27.5. The van der Waals surface area contributed by atoms with Crippen LogP contribution in [0.25, 0.3) is 0 Å². The molecule has 0 aromatic rings. The molecule has 168 valence electrons. The molecule has 2 fully saturated rings. The van der Waals surface area contributed by atoms with E-state index in [1.54, 1.807) is 0 Å². The minimum atomic E-state index is -0.419. The van der Waals surface area contributed by atoms with Gasteiger partial charge < -0.3 is 9.84 Å². The van der Waals surface area contributed by atoms with E-state index >= 15 is 0 Å². The summed E-state index contributed by atoms with van der Waals surface area (Å²) in [4.78, 5) is 11.8. The van der Waals surface area contributed by atoms with Crippen LogP contribution in [0.1, 0.15) is 116 Å². The average Bonchev–Trinajstić information content (AvgIpc) is 2.76.